The molecule has 1 N–H and O–H groups in total. The van der Waals surface area contributed by atoms with E-state index in [2.05, 4.69) is 31.1 Å². The average Bonchev–Trinajstić information content (AvgIpc) is 2.42. The first-order valence-corrected chi connectivity index (χ1v) is 9.29. The predicted octanol–water partition coefficient (Wildman–Crippen LogP) is 2.35. The Morgan fingerprint density at radius 3 is 2.20 bits per heavy atom. The van der Waals surface area contributed by atoms with Crippen LogP contribution in [0.25, 0.3) is 0 Å². The molecule has 6 heteroatoms. The highest BCUT2D eigenvalue weighted by atomic mass is 28.4. The second kappa shape index (κ2) is 11.4. The van der Waals surface area contributed by atoms with Crippen LogP contribution in [-0.2, 0) is 13.3 Å². The maximum absolute atomic E-state index is 5.38. The molecule has 0 saturated carbocycles. The predicted molar refractivity (Wildman–Crippen MR) is 86.5 cm³/mol. The third kappa shape index (κ3) is 8.81. The lowest BCUT2D eigenvalue weighted by Gasteiger charge is -2.24. The van der Waals surface area contributed by atoms with Gasteiger partial charge in [0.15, 0.2) is 0 Å². The molecule has 0 bridgehead atoms. The molecule has 0 spiro atoms. The van der Waals surface area contributed by atoms with E-state index in [1.807, 2.05) is 0 Å². The van der Waals surface area contributed by atoms with Gasteiger partial charge >= 0.3 is 8.80 Å². The minimum Gasteiger partial charge on any atom is -0.377 e. The van der Waals surface area contributed by atoms with Gasteiger partial charge in [0.1, 0.15) is 0 Å². The monoisotopic (exact) mass is 304 g/mol. The highest BCUT2D eigenvalue weighted by molar-refractivity contribution is 6.60. The van der Waals surface area contributed by atoms with Crippen LogP contribution in [0, 0.1) is 5.92 Å². The van der Waals surface area contributed by atoms with E-state index < -0.39 is 8.80 Å². The number of nitrogens with zero attached hydrogens (tertiary/aromatic N) is 1. The van der Waals surface area contributed by atoms with E-state index in [9.17, 15) is 0 Å². The lowest BCUT2D eigenvalue weighted by Crippen LogP contribution is -2.43. The zero-order valence-corrected chi connectivity index (χ0v) is 15.0. The zero-order chi connectivity index (χ0) is 15.4. The maximum Gasteiger partial charge on any atom is 0.500 e. The lowest BCUT2D eigenvalue weighted by atomic mass is 10.1. The summed E-state index contributed by atoms with van der Waals surface area (Å²) in [5.74, 6) is 0.682. The zero-order valence-electron chi connectivity index (χ0n) is 14.0. The van der Waals surface area contributed by atoms with Crippen LogP contribution in [0.5, 0.6) is 0 Å². The number of aliphatic imine (C=N–C) groups is 1. The largest absolute Gasteiger partial charge is 0.500 e. The topological polar surface area (TPSA) is 52.1 Å². The molecule has 0 heterocycles. The van der Waals surface area contributed by atoms with Gasteiger partial charge in [0.05, 0.1) is 6.54 Å². The van der Waals surface area contributed by atoms with Crippen molar-refractivity contribution in [1.29, 1.82) is 0 Å². The summed E-state index contributed by atoms with van der Waals surface area (Å²) in [7, 11) is 2.57. The highest BCUT2D eigenvalue weighted by Crippen LogP contribution is 2.14. The Bertz CT molecular complexity index is 261. The van der Waals surface area contributed by atoms with Crippen LogP contribution in [0.2, 0.25) is 6.04 Å². The van der Waals surface area contributed by atoms with Gasteiger partial charge in [0.2, 0.25) is 0 Å². The van der Waals surface area contributed by atoms with E-state index in [4.69, 9.17) is 13.3 Å². The van der Waals surface area contributed by atoms with Crippen molar-refractivity contribution < 1.29 is 13.3 Å². The van der Waals surface area contributed by atoms with Crippen LogP contribution in [0.15, 0.2) is 4.99 Å². The van der Waals surface area contributed by atoms with Gasteiger partial charge in [0.25, 0.3) is 0 Å². The summed E-state index contributed by atoms with van der Waals surface area (Å²) in [6.07, 6.45) is 2.07. The normalized spacial score (nSPS) is 13.2. The molecule has 0 aromatic carbocycles. The third-order valence-corrected chi connectivity index (χ3v) is 5.98. The average molecular weight is 305 g/mol. The molecule has 0 saturated heterocycles. The summed E-state index contributed by atoms with van der Waals surface area (Å²) in [4.78, 5) is 4.55. The molecule has 20 heavy (non-hydrogen) atoms. The van der Waals surface area contributed by atoms with Crippen molar-refractivity contribution in [2.45, 2.75) is 39.7 Å². The second-order valence-corrected chi connectivity index (χ2v) is 8.45. The van der Waals surface area contributed by atoms with Crippen molar-refractivity contribution in [2.24, 2.45) is 10.9 Å². The molecule has 0 unspecified atom stereocenters. The summed E-state index contributed by atoms with van der Waals surface area (Å²) < 4.78 is 16.1. The van der Waals surface area contributed by atoms with Crippen LogP contribution in [0.4, 0.5) is 0 Å². The Morgan fingerprint density at radius 2 is 1.70 bits per heavy atom. The van der Waals surface area contributed by atoms with Crippen molar-refractivity contribution in [3.8, 4) is 0 Å². The van der Waals surface area contributed by atoms with Gasteiger partial charge in [-0.3, -0.25) is 4.99 Å². The van der Waals surface area contributed by atoms with E-state index in [0.717, 1.165) is 38.5 Å². The fraction of sp³-hybridized carbons (Fsp3) is 0.929. The molecule has 0 aliphatic rings. The van der Waals surface area contributed by atoms with Crippen molar-refractivity contribution in [2.75, 3.05) is 41.0 Å². The molecule has 0 radical (unpaired) electrons. The van der Waals surface area contributed by atoms with Crippen LogP contribution < -0.4 is 5.32 Å². The van der Waals surface area contributed by atoms with Gasteiger partial charge in [-0.1, -0.05) is 13.8 Å². The SMILES string of the molecule is CO[Si](CCCNCCN=C(C)CC(C)C)(OC)OC. The third-order valence-electron chi connectivity index (χ3n) is 3.14. The fourth-order valence-corrected chi connectivity index (χ4v) is 3.81. The standard InChI is InChI=1S/C14H32N2O3Si/c1-13(2)12-14(3)16-10-9-15-8-7-11-20(17-4,18-5)19-6/h13,15H,7-12H2,1-6H3. The van der Waals surface area contributed by atoms with E-state index in [1.54, 1.807) is 21.3 Å². The summed E-state index contributed by atoms with van der Waals surface area (Å²) in [5.41, 5.74) is 1.24. The molecule has 0 amide bonds. The van der Waals surface area contributed by atoms with Crippen molar-refractivity contribution >= 4 is 14.5 Å². The molecule has 0 aliphatic carbocycles. The van der Waals surface area contributed by atoms with Crippen LogP contribution in [0.1, 0.15) is 33.6 Å². The minimum absolute atomic E-state index is 0.682. The molecule has 0 atom stereocenters. The van der Waals surface area contributed by atoms with Gasteiger partial charge in [-0.2, -0.15) is 0 Å². The number of rotatable bonds is 12. The Morgan fingerprint density at radius 1 is 1.10 bits per heavy atom. The number of nitrogens with one attached hydrogen (secondary N) is 1. The second-order valence-electron chi connectivity index (χ2n) is 5.36. The Kier molecular flexibility index (Phi) is 11.2. The molecule has 0 aromatic rings. The summed E-state index contributed by atoms with van der Waals surface area (Å²) in [5, 5.41) is 3.39. The lowest BCUT2D eigenvalue weighted by molar-refractivity contribution is 0.123. The molecule has 0 aliphatic heterocycles. The maximum atomic E-state index is 5.38. The molecule has 5 nitrogen and oxygen atoms in total. The highest BCUT2D eigenvalue weighted by Gasteiger charge is 2.36. The molecule has 0 rings (SSSR count). The Balaban J connectivity index is 3.67. The Labute approximate surface area is 125 Å². The van der Waals surface area contributed by atoms with E-state index in [0.29, 0.717) is 5.92 Å². The van der Waals surface area contributed by atoms with E-state index in [1.165, 1.54) is 5.71 Å². The van der Waals surface area contributed by atoms with Crippen molar-refractivity contribution in [3.63, 3.8) is 0 Å². The van der Waals surface area contributed by atoms with Crippen LogP contribution in [0.3, 0.4) is 0 Å². The quantitative estimate of drug-likeness (QED) is 0.342. The van der Waals surface area contributed by atoms with Crippen molar-refractivity contribution in [1.82, 2.24) is 5.32 Å². The minimum atomic E-state index is -2.39. The molecular weight excluding hydrogens is 272 g/mol. The Hall–Kier alpha value is -0.273. The molecule has 120 valence electrons. The van der Waals surface area contributed by atoms with Gasteiger partial charge < -0.3 is 18.6 Å². The van der Waals surface area contributed by atoms with Crippen LogP contribution >= 0.6 is 0 Å². The summed E-state index contributed by atoms with van der Waals surface area (Å²) in [6, 6.07) is 0.832. The molecular formula is C14H32N2O3Si. The van der Waals surface area contributed by atoms with Gasteiger partial charge in [-0.15, -0.1) is 0 Å². The number of hydrogen-bond acceptors (Lipinski definition) is 5. The van der Waals surface area contributed by atoms with Crippen molar-refractivity contribution in [3.05, 3.63) is 0 Å². The first-order valence-electron chi connectivity index (χ1n) is 7.35. The van der Waals surface area contributed by atoms with E-state index in [-0.39, 0.29) is 0 Å². The molecule has 0 aromatic heterocycles. The van der Waals surface area contributed by atoms with Gasteiger partial charge in [-0.25, -0.2) is 0 Å². The first kappa shape index (κ1) is 19.7. The van der Waals surface area contributed by atoms with Gasteiger partial charge in [-0.05, 0) is 32.2 Å². The van der Waals surface area contributed by atoms with Crippen LogP contribution in [-0.4, -0.2) is 55.5 Å². The smallest absolute Gasteiger partial charge is 0.377 e. The van der Waals surface area contributed by atoms with Gasteiger partial charge in [0, 0.05) is 39.6 Å². The summed E-state index contributed by atoms with van der Waals surface area (Å²) >= 11 is 0. The van der Waals surface area contributed by atoms with E-state index >= 15 is 0 Å². The molecule has 0 fully saturated rings. The first-order chi connectivity index (χ1) is 9.49. The summed E-state index contributed by atoms with van der Waals surface area (Å²) in [6.45, 7) is 9.24. The number of hydrogen-bond donors (Lipinski definition) is 1. The fourth-order valence-electron chi connectivity index (χ4n) is 2.09.